The zero-order chi connectivity index (χ0) is 12.3. The fraction of sp³-hybridized carbons (Fsp3) is 0.733. The molecule has 0 bridgehead atoms. The molecular weight excluding hydrogens is 208 g/mol. The molecule has 96 valence electrons. The summed E-state index contributed by atoms with van der Waals surface area (Å²) in [6.07, 6.45) is 9.94. The van der Waals surface area contributed by atoms with Crippen molar-refractivity contribution in [1.29, 1.82) is 0 Å². The first-order valence-corrected chi connectivity index (χ1v) is 7.11. The third-order valence-electron chi connectivity index (χ3n) is 4.16. The van der Waals surface area contributed by atoms with Gasteiger partial charge in [-0.3, -0.25) is 0 Å². The molecule has 1 aliphatic carbocycles. The monoisotopic (exact) mass is 234 g/mol. The Labute approximate surface area is 105 Å². The lowest BCUT2D eigenvalue weighted by Crippen LogP contribution is -2.17. The molecule has 1 fully saturated rings. The molecule has 1 aliphatic rings. The molecule has 0 saturated heterocycles. The van der Waals surface area contributed by atoms with Gasteiger partial charge in [0.1, 0.15) is 0 Å². The highest BCUT2D eigenvalue weighted by Crippen LogP contribution is 2.40. The molecule has 1 atom stereocenters. The summed E-state index contributed by atoms with van der Waals surface area (Å²) >= 11 is 0. The summed E-state index contributed by atoms with van der Waals surface area (Å²) in [7, 11) is 2.08. The quantitative estimate of drug-likeness (QED) is 0.763. The van der Waals surface area contributed by atoms with Gasteiger partial charge in [-0.2, -0.15) is 0 Å². The Kier molecular flexibility index (Phi) is 4.27. The summed E-state index contributed by atoms with van der Waals surface area (Å²) in [6.45, 7) is 5.76. The molecule has 1 unspecified atom stereocenters. The summed E-state index contributed by atoms with van der Waals surface area (Å²) in [4.78, 5) is 0. The Morgan fingerprint density at radius 3 is 2.59 bits per heavy atom. The van der Waals surface area contributed by atoms with E-state index in [0.717, 1.165) is 11.8 Å². The Morgan fingerprint density at radius 2 is 2.06 bits per heavy atom. The van der Waals surface area contributed by atoms with Crippen LogP contribution >= 0.6 is 0 Å². The number of hydrogen-bond acceptors (Lipinski definition) is 1. The summed E-state index contributed by atoms with van der Waals surface area (Å²) in [5.74, 6) is 1.70. The first-order chi connectivity index (χ1) is 8.28. The fourth-order valence-electron chi connectivity index (χ4n) is 2.71. The van der Waals surface area contributed by atoms with E-state index in [1.165, 1.54) is 37.8 Å². The van der Waals surface area contributed by atoms with Crippen LogP contribution in [0.15, 0.2) is 18.5 Å². The first kappa shape index (κ1) is 12.7. The van der Waals surface area contributed by atoms with Gasteiger partial charge in [-0.15, -0.1) is 0 Å². The highest BCUT2D eigenvalue weighted by atomic mass is 15.0. The number of nitrogens with zero attached hydrogens (tertiary/aromatic N) is 1. The van der Waals surface area contributed by atoms with E-state index in [1.807, 2.05) is 0 Å². The summed E-state index contributed by atoms with van der Waals surface area (Å²) in [5, 5.41) is 3.46. The maximum atomic E-state index is 3.46. The molecule has 0 aromatic carbocycles. The summed E-state index contributed by atoms with van der Waals surface area (Å²) in [5.41, 5.74) is 1.47. The molecule has 0 amide bonds. The van der Waals surface area contributed by atoms with Crippen molar-refractivity contribution in [2.75, 3.05) is 7.05 Å². The van der Waals surface area contributed by atoms with Crippen LogP contribution in [0.2, 0.25) is 0 Å². The SMILES string of the molecule is CCC(CC)Cn1ccc(C(NC)C2CC2)c1. The Hall–Kier alpha value is -0.760. The number of hydrogen-bond donors (Lipinski definition) is 1. The van der Waals surface area contributed by atoms with Gasteiger partial charge in [0.25, 0.3) is 0 Å². The van der Waals surface area contributed by atoms with Gasteiger partial charge in [0, 0.05) is 25.0 Å². The minimum atomic E-state index is 0.581. The molecule has 1 N–H and O–H groups in total. The molecule has 0 aliphatic heterocycles. The highest BCUT2D eigenvalue weighted by molar-refractivity contribution is 5.18. The summed E-state index contributed by atoms with van der Waals surface area (Å²) < 4.78 is 2.37. The predicted octanol–water partition coefficient (Wildman–Crippen LogP) is 3.59. The number of nitrogens with one attached hydrogen (secondary N) is 1. The van der Waals surface area contributed by atoms with E-state index in [1.54, 1.807) is 0 Å². The molecule has 1 saturated carbocycles. The maximum Gasteiger partial charge on any atom is 0.0361 e. The number of rotatable bonds is 7. The van der Waals surface area contributed by atoms with Crippen LogP contribution in [0.5, 0.6) is 0 Å². The minimum absolute atomic E-state index is 0.581. The van der Waals surface area contributed by atoms with Crippen molar-refractivity contribution < 1.29 is 0 Å². The van der Waals surface area contributed by atoms with Crippen molar-refractivity contribution in [1.82, 2.24) is 9.88 Å². The third kappa shape index (κ3) is 3.12. The van der Waals surface area contributed by atoms with E-state index < -0.39 is 0 Å². The lowest BCUT2D eigenvalue weighted by atomic mass is 10.0. The molecular formula is C15H26N2. The van der Waals surface area contributed by atoms with Crippen molar-refractivity contribution in [2.45, 2.75) is 52.1 Å². The second kappa shape index (κ2) is 5.72. The van der Waals surface area contributed by atoms with Crippen LogP contribution in [0.25, 0.3) is 0 Å². The topological polar surface area (TPSA) is 17.0 Å². The van der Waals surface area contributed by atoms with Crippen molar-refractivity contribution in [3.8, 4) is 0 Å². The molecule has 1 aromatic heterocycles. The van der Waals surface area contributed by atoms with Gasteiger partial charge in [0.2, 0.25) is 0 Å². The van der Waals surface area contributed by atoms with Crippen LogP contribution < -0.4 is 5.32 Å². The Morgan fingerprint density at radius 1 is 1.35 bits per heavy atom. The van der Waals surface area contributed by atoms with Gasteiger partial charge in [0.15, 0.2) is 0 Å². The molecule has 2 heteroatoms. The largest absolute Gasteiger partial charge is 0.354 e. The van der Waals surface area contributed by atoms with Crippen molar-refractivity contribution >= 4 is 0 Å². The van der Waals surface area contributed by atoms with Crippen LogP contribution in [-0.2, 0) is 6.54 Å². The zero-order valence-corrected chi connectivity index (χ0v) is 11.4. The minimum Gasteiger partial charge on any atom is -0.354 e. The van der Waals surface area contributed by atoms with E-state index >= 15 is 0 Å². The van der Waals surface area contributed by atoms with Gasteiger partial charge >= 0.3 is 0 Å². The lowest BCUT2D eigenvalue weighted by Gasteiger charge is -2.15. The van der Waals surface area contributed by atoms with Gasteiger partial charge in [-0.1, -0.05) is 26.7 Å². The van der Waals surface area contributed by atoms with E-state index in [2.05, 4.69) is 49.2 Å². The standard InChI is InChI=1S/C15H26N2/c1-4-12(5-2)10-17-9-8-14(11-17)15(16-3)13-6-7-13/h8-9,11-13,15-16H,4-7,10H2,1-3H3. The lowest BCUT2D eigenvalue weighted by molar-refractivity contribution is 0.418. The second-order valence-electron chi connectivity index (χ2n) is 5.43. The average molecular weight is 234 g/mol. The van der Waals surface area contributed by atoms with Crippen LogP contribution in [-0.4, -0.2) is 11.6 Å². The molecule has 1 aromatic rings. The van der Waals surface area contributed by atoms with Crippen LogP contribution in [0.1, 0.15) is 51.1 Å². The van der Waals surface area contributed by atoms with Gasteiger partial charge in [0.05, 0.1) is 0 Å². The molecule has 0 spiro atoms. The van der Waals surface area contributed by atoms with E-state index in [9.17, 15) is 0 Å². The third-order valence-corrected chi connectivity index (χ3v) is 4.16. The maximum absolute atomic E-state index is 3.46. The molecule has 1 heterocycles. The smallest absolute Gasteiger partial charge is 0.0361 e. The van der Waals surface area contributed by atoms with Gasteiger partial charge in [-0.25, -0.2) is 0 Å². The van der Waals surface area contributed by atoms with Gasteiger partial charge < -0.3 is 9.88 Å². The van der Waals surface area contributed by atoms with E-state index in [-0.39, 0.29) is 0 Å². The van der Waals surface area contributed by atoms with Crippen LogP contribution in [0.4, 0.5) is 0 Å². The Balaban J connectivity index is 1.99. The van der Waals surface area contributed by atoms with Gasteiger partial charge in [-0.05, 0) is 43.4 Å². The van der Waals surface area contributed by atoms with E-state index in [4.69, 9.17) is 0 Å². The second-order valence-corrected chi connectivity index (χ2v) is 5.43. The van der Waals surface area contributed by atoms with Crippen molar-refractivity contribution in [3.05, 3.63) is 24.0 Å². The normalized spacial score (nSPS) is 17.6. The molecule has 2 rings (SSSR count). The number of aromatic nitrogens is 1. The van der Waals surface area contributed by atoms with Crippen LogP contribution in [0.3, 0.4) is 0 Å². The van der Waals surface area contributed by atoms with Crippen molar-refractivity contribution in [3.63, 3.8) is 0 Å². The zero-order valence-electron chi connectivity index (χ0n) is 11.4. The van der Waals surface area contributed by atoms with Crippen LogP contribution in [0, 0.1) is 11.8 Å². The average Bonchev–Trinajstić information content (AvgIpc) is 3.07. The molecule has 2 nitrogen and oxygen atoms in total. The fourth-order valence-corrected chi connectivity index (χ4v) is 2.71. The molecule has 17 heavy (non-hydrogen) atoms. The van der Waals surface area contributed by atoms with Crippen molar-refractivity contribution in [2.24, 2.45) is 11.8 Å². The first-order valence-electron chi connectivity index (χ1n) is 7.11. The molecule has 0 radical (unpaired) electrons. The Bertz CT molecular complexity index is 334. The van der Waals surface area contributed by atoms with E-state index in [0.29, 0.717) is 6.04 Å². The summed E-state index contributed by atoms with van der Waals surface area (Å²) in [6, 6.07) is 2.87. The highest BCUT2D eigenvalue weighted by Gasteiger charge is 2.31. The predicted molar refractivity (Wildman–Crippen MR) is 73.0 cm³/mol.